The monoisotopic (exact) mass is 507 g/mol. The van der Waals surface area contributed by atoms with E-state index in [0.29, 0.717) is 18.2 Å². The van der Waals surface area contributed by atoms with E-state index in [9.17, 15) is 36.6 Å². The fourth-order valence-electron chi connectivity index (χ4n) is 3.87. The van der Waals surface area contributed by atoms with Crippen LogP contribution in [0.3, 0.4) is 0 Å². The van der Waals surface area contributed by atoms with Crippen molar-refractivity contribution in [2.24, 2.45) is 7.05 Å². The smallest absolute Gasteiger partial charge is 0.416 e. The molecule has 1 amide bonds. The number of nitrogens with zero attached hydrogens (tertiary/aromatic N) is 2. The molecule has 2 N–H and O–H groups in total. The number of imidazole rings is 1. The number of nitrogens with one attached hydrogen (secondary N) is 1. The molecular formula is C24H18F5N3O4. The highest BCUT2D eigenvalue weighted by Gasteiger charge is 2.33. The van der Waals surface area contributed by atoms with Crippen LogP contribution in [-0.2, 0) is 24.6 Å². The Morgan fingerprint density at radius 2 is 1.72 bits per heavy atom. The van der Waals surface area contributed by atoms with Crippen molar-refractivity contribution in [2.75, 3.05) is 12.4 Å². The Morgan fingerprint density at radius 1 is 1.06 bits per heavy atom. The molecule has 1 aromatic heterocycles. The number of fused-ring (bicyclic) bond motifs is 1. The summed E-state index contributed by atoms with van der Waals surface area (Å²) < 4.78 is 76.1. The summed E-state index contributed by atoms with van der Waals surface area (Å²) in [6, 6.07) is 7.83. The van der Waals surface area contributed by atoms with Crippen molar-refractivity contribution in [1.29, 1.82) is 0 Å². The molecule has 12 heteroatoms. The number of phenolic OH excluding ortho intramolecular Hbond substituents is 1. The Kier molecular flexibility index (Phi) is 6.21. The summed E-state index contributed by atoms with van der Waals surface area (Å²) in [6.45, 7) is -0.671. The highest BCUT2D eigenvalue weighted by Crippen LogP contribution is 2.40. The molecule has 0 aliphatic rings. The number of phenols is 1. The second-order valence-electron chi connectivity index (χ2n) is 7.88. The third-order valence-electron chi connectivity index (χ3n) is 5.55. The number of hydrogen-bond donors (Lipinski definition) is 2. The number of carbonyl (C=O) groups is 1. The van der Waals surface area contributed by atoms with Crippen molar-refractivity contribution in [2.45, 2.75) is 12.7 Å². The van der Waals surface area contributed by atoms with Gasteiger partial charge in [0.25, 0.3) is 0 Å². The van der Waals surface area contributed by atoms with E-state index in [0.717, 1.165) is 27.3 Å². The minimum atomic E-state index is -4.87. The second-order valence-corrected chi connectivity index (χ2v) is 7.88. The van der Waals surface area contributed by atoms with Gasteiger partial charge in [-0.25, -0.2) is 13.6 Å². The maximum Gasteiger partial charge on any atom is 0.416 e. The SMILES string of the molecule is COc1cc(-c2cc(C(F)(F)F)cc3c2n(C)c(=O)n3CC(=O)Nc2ccc(F)cc2)c(F)cc1O. The molecule has 7 nitrogen and oxygen atoms in total. The third-order valence-corrected chi connectivity index (χ3v) is 5.55. The van der Waals surface area contributed by atoms with Gasteiger partial charge in [-0.05, 0) is 42.5 Å². The summed E-state index contributed by atoms with van der Waals surface area (Å²) in [7, 11) is 2.45. The molecule has 4 rings (SSSR count). The Bertz CT molecular complexity index is 1540. The van der Waals surface area contributed by atoms with Gasteiger partial charge in [-0.15, -0.1) is 0 Å². The van der Waals surface area contributed by atoms with Crippen molar-refractivity contribution in [1.82, 2.24) is 9.13 Å². The Balaban J connectivity index is 1.91. The fraction of sp³-hybridized carbons (Fsp3) is 0.167. The van der Waals surface area contributed by atoms with E-state index in [-0.39, 0.29) is 33.6 Å². The van der Waals surface area contributed by atoms with Crippen molar-refractivity contribution >= 4 is 22.6 Å². The van der Waals surface area contributed by atoms with E-state index in [1.165, 1.54) is 26.3 Å². The normalized spacial score (nSPS) is 11.6. The van der Waals surface area contributed by atoms with Crippen molar-refractivity contribution < 1.29 is 36.6 Å². The number of anilines is 1. The Hall–Kier alpha value is -4.35. The zero-order valence-corrected chi connectivity index (χ0v) is 18.8. The van der Waals surface area contributed by atoms with E-state index < -0.39 is 47.3 Å². The molecule has 0 saturated carbocycles. The van der Waals surface area contributed by atoms with Crippen LogP contribution in [0.1, 0.15) is 5.56 Å². The van der Waals surface area contributed by atoms with Crippen LogP contribution in [0.2, 0.25) is 0 Å². The Labute approximate surface area is 200 Å². The third kappa shape index (κ3) is 4.49. The van der Waals surface area contributed by atoms with E-state index in [4.69, 9.17) is 4.74 Å². The summed E-state index contributed by atoms with van der Waals surface area (Å²) in [5.74, 6) is -3.11. The predicted molar refractivity (Wildman–Crippen MR) is 121 cm³/mol. The van der Waals surface area contributed by atoms with Crippen LogP contribution in [0.5, 0.6) is 11.5 Å². The molecule has 0 aliphatic carbocycles. The molecule has 36 heavy (non-hydrogen) atoms. The molecule has 0 spiro atoms. The van der Waals surface area contributed by atoms with Gasteiger partial charge in [-0.3, -0.25) is 13.9 Å². The topological polar surface area (TPSA) is 85.5 Å². The standard InChI is InChI=1S/C24H18F5N3O4/c1-31-22-16(15-9-20(36-2)19(33)10-17(15)26)7-12(24(27,28)29)8-18(22)32(23(31)35)11-21(34)30-14-5-3-13(25)4-6-14/h3-10,33H,11H2,1-2H3,(H,30,34). The first-order chi connectivity index (χ1) is 16.9. The molecule has 4 aromatic rings. The molecule has 0 saturated heterocycles. The zero-order chi connectivity index (χ0) is 26.4. The molecule has 0 radical (unpaired) electrons. The van der Waals surface area contributed by atoms with Gasteiger partial charge in [0.15, 0.2) is 11.5 Å². The van der Waals surface area contributed by atoms with Crippen LogP contribution in [0.15, 0.2) is 53.3 Å². The van der Waals surface area contributed by atoms with Gasteiger partial charge in [0.1, 0.15) is 18.2 Å². The van der Waals surface area contributed by atoms with E-state index in [1.54, 1.807) is 0 Å². The average molecular weight is 507 g/mol. The first-order valence-electron chi connectivity index (χ1n) is 10.3. The first-order valence-corrected chi connectivity index (χ1v) is 10.3. The number of halogens is 5. The second kappa shape index (κ2) is 9.02. The van der Waals surface area contributed by atoms with Gasteiger partial charge >= 0.3 is 11.9 Å². The van der Waals surface area contributed by atoms with Gasteiger partial charge in [-0.1, -0.05) is 0 Å². The molecule has 188 valence electrons. The highest BCUT2D eigenvalue weighted by molar-refractivity contribution is 5.96. The van der Waals surface area contributed by atoms with E-state index in [2.05, 4.69) is 5.32 Å². The van der Waals surface area contributed by atoms with E-state index >= 15 is 0 Å². The number of methoxy groups -OCH3 is 1. The molecule has 0 bridgehead atoms. The number of benzene rings is 3. The lowest BCUT2D eigenvalue weighted by molar-refractivity contribution is -0.137. The lowest BCUT2D eigenvalue weighted by Gasteiger charge is -2.14. The van der Waals surface area contributed by atoms with E-state index in [1.807, 2.05) is 0 Å². The Morgan fingerprint density at radius 3 is 2.33 bits per heavy atom. The number of rotatable bonds is 5. The van der Waals surface area contributed by atoms with Gasteiger partial charge in [0.05, 0.1) is 23.7 Å². The minimum absolute atomic E-state index is 0.0748. The summed E-state index contributed by atoms with van der Waals surface area (Å²) in [5.41, 5.74) is -2.80. The summed E-state index contributed by atoms with van der Waals surface area (Å²) >= 11 is 0. The number of aromatic nitrogens is 2. The maximum atomic E-state index is 14.8. The van der Waals surface area contributed by atoms with Crippen LogP contribution in [0.25, 0.3) is 22.2 Å². The van der Waals surface area contributed by atoms with Gasteiger partial charge in [0.2, 0.25) is 5.91 Å². The number of aryl methyl sites for hydroxylation is 1. The average Bonchev–Trinajstić information content (AvgIpc) is 3.04. The summed E-state index contributed by atoms with van der Waals surface area (Å²) in [6.07, 6.45) is -4.87. The highest BCUT2D eigenvalue weighted by atomic mass is 19.4. The fourth-order valence-corrected chi connectivity index (χ4v) is 3.87. The van der Waals surface area contributed by atoms with Gasteiger partial charge < -0.3 is 15.2 Å². The van der Waals surface area contributed by atoms with Crippen molar-refractivity contribution in [3.05, 3.63) is 76.2 Å². The first kappa shape index (κ1) is 24.8. The number of amides is 1. The molecule has 0 atom stereocenters. The zero-order valence-electron chi connectivity index (χ0n) is 18.8. The molecule has 0 unspecified atom stereocenters. The van der Waals surface area contributed by atoms with Gasteiger partial charge in [-0.2, -0.15) is 13.2 Å². The number of aromatic hydroxyl groups is 1. The molecule has 0 fully saturated rings. The number of alkyl halides is 3. The van der Waals surface area contributed by atoms with Crippen molar-refractivity contribution in [3.8, 4) is 22.6 Å². The van der Waals surface area contributed by atoms with Gasteiger partial charge in [0, 0.05) is 29.9 Å². The van der Waals surface area contributed by atoms with Crippen molar-refractivity contribution in [3.63, 3.8) is 0 Å². The lowest BCUT2D eigenvalue weighted by Crippen LogP contribution is -2.28. The maximum absolute atomic E-state index is 14.8. The minimum Gasteiger partial charge on any atom is -0.504 e. The van der Waals surface area contributed by atoms with Crippen LogP contribution >= 0.6 is 0 Å². The summed E-state index contributed by atoms with van der Waals surface area (Å²) in [4.78, 5) is 25.6. The van der Waals surface area contributed by atoms with Crippen LogP contribution < -0.4 is 15.7 Å². The molecule has 0 aliphatic heterocycles. The quantitative estimate of drug-likeness (QED) is 0.385. The van der Waals surface area contributed by atoms with Crippen LogP contribution in [0, 0.1) is 11.6 Å². The van der Waals surface area contributed by atoms with Crippen LogP contribution in [0.4, 0.5) is 27.6 Å². The largest absolute Gasteiger partial charge is 0.504 e. The molecule has 1 heterocycles. The number of ether oxygens (including phenoxy) is 1. The van der Waals surface area contributed by atoms with Crippen LogP contribution in [-0.4, -0.2) is 27.3 Å². The predicted octanol–water partition coefficient (Wildman–Crippen LogP) is 4.66. The molecule has 3 aromatic carbocycles. The summed E-state index contributed by atoms with van der Waals surface area (Å²) in [5, 5.41) is 12.3. The lowest BCUT2D eigenvalue weighted by atomic mass is 9.99. The number of carbonyl (C=O) groups excluding carboxylic acids is 1. The molecular weight excluding hydrogens is 489 g/mol. The number of hydrogen-bond acceptors (Lipinski definition) is 4.